The van der Waals surface area contributed by atoms with Crippen molar-refractivity contribution < 1.29 is 0 Å². The van der Waals surface area contributed by atoms with E-state index in [-0.39, 0.29) is 0 Å². The first-order chi connectivity index (χ1) is 13.4. The van der Waals surface area contributed by atoms with E-state index in [0.717, 1.165) is 29.2 Å². The molecule has 0 spiro atoms. The Balaban J connectivity index is 1.60. The van der Waals surface area contributed by atoms with Gasteiger partial charge in [0.1, 0.15) is 0 Å². The van der Waals surface area contributed by atoms with Crippen LogP contribution in [0.5, 0.6) is 0 Å². The summed E-state index contributed by atoms with van der Waals surface area (Å²) in [7, 11) is 0. The molecular formula is C25H22N2. The summed E-state index contributed by atoms with van der Waals surface area (Å²) in [4.78, 5) is 0. The Morgan fingerprint density at radius 3 is 1.22 bits per heavy atom. The molecule has 0 fully saturated rings. The van der Waals surface area contributed by atoms with Gasteiger partial charge in [0.25, 0.3) is 0 Å². The topological polar surface area (TPSA) is 24.1 Å². The van der Waals surface area contributed by atoms with Crippen LogP contribution in [-0.4, -0.2) is 0 Å². The molecule has 0 heterocycles. The molecular weight excluding hydrogens is 328 g/mol. The van der Waals surface area contributed by atoms with E-state index < -0.39 is 0 Å². The molecule has 4 rings (SSSR count). The van der Waals surface area contributed by atoms with Gasteiger partial charge in [-0.3, -0.25) is 0 Å². The molecule has 4 aromatic rings. The van der Waals surface area contributed by atoms with Crippen molar-refractivity contribution in [3.05, 3.63) is 120 Å². The Bertz CT molecular complexity index is 912. The van der Waals surface area contributed by atoms with Gasteiger partial charge >= 0.3 is 0 Å². The van der Waals surface area contributed by atoms with Crippen LogP contribution < -0.4 is 10.6 Å². The molecule has 2 N–H and O–H groups in total. The predicted molar refractivity (Wildman–Crippen MR) is 115 cm³/mol. The van der Waals surface area contributed by atoms with Gasteiger partial charge in [-0.2, -0.15) is 0 Å². The number of para-hydroxylation sites is 4. The third-order valence-corrected chi connectivity index (χ3v) is 4.52. The van der Waals surface area contributed by atoms with Gasteiger partial charge < -0.3 is 10.6 Å². The first-order valence-corrected chi connectivity index (χ1v) is 9.18. The second-order valence-corrected chi connectivity index (χ2v) is 6.47. The zero-order valence-electron chi connectivity index (χ0n) is 15.1. The van der Waals surface area contributed by atoms with Crippen molar-refractivity contribution in [3.63, 3.8) is 0 Å². The molecule has 0 bridgehead atoms. The summed E-state index contributed by atoms with van der Waals surface area (Å²) >= 11 is 0. The summed E-state index contributed by atoms with van der Waals surface area (Å²) in [5.41, 5.74) is 7.00. The fourth-order valence-corrected chi connectivity index (χ4v) is 3.15. The first-order valence-electron chi connectivity index (χ1n) is 9.18. The zero-order valence-corrected chi connectivity index (χ0v) is 15.1. The van der Waals surface area contributed by atoms with Crippen LogP contribution in [0.1, 0.15) is 11.1 Å². The van der Waals surface area contributed by atoms with Crippen LogP contribution in [0.4, 0.5) is 22.7 Å². The number of hydrogen-bond donors (Lipinski definition) is 2. The van der Waals surface area contributed by atoms with Gasteiger partial charge in [0.2, 0.25) is 0 Å². The SMILES string of the molecule is c1ccc(Nc2ccccc2Cc2ccccc2Nc2ccccc2)cc1. The zero-order chi connectivity index (χ0) is 18.3. The van der Waals surface area contributed by atoms with E-state index in [2.05, 4.69) is 83.4 Å². The highest BCUT2D eigenvalue weighted by atomic mass is 14.9. The van der Waals surface area contributed by atoms with Crippen molar-refractivity contribution in [3.8, 4) is 0 Å². The quantitative estimate of drug-likeness (QED) is 0.401. The molecule has 0 amide bonds. The normalized spacial score (nSPS) is 10.4. The lowest BCUT2D eigenvalue weighted by Gasteiger charge is -2.15. The van der Waals surface area contributed by atoms with Gasteiger partial charge in [0.15, 0.2) is 0 Å². The smallest absolute Gasteiger partial charge is 0.0420 e. The van der Waals surface area contributed by atoms with E-state index in [1.165, 1.54) is 11.1 Å². The van der Waals surface area contributed by atoms with Crippen LogP contribution in [0.15, 0.2) is 109 Å². The van der Waals surface area contributed by atoms with Gasteiger partial charge in [0.05, 0.1) is 0 Å². The maximum Gasteiger partial charge on any atom is 0.0420 e. The summed E-state index contributed by atoms with van der Waals surface area (Å²) in [6.07, 6.45) is 0.853. The molecule has 2 nitrogen and oxygen atoms in total. The monoisotopic (exact) mass is 350 g/mol. The van der Waals surface area contributed by atoms with E-state index in [1.807, 2.05) is 36.4 Å². The largest absolute Gasteiger partial charge is 0.355 e. The lowest BCUT2D eigenvalue weighted by molar-refractivity contribution is 1.19. The summed E-state index contributed by atoms with van der Waals surface area (Å²) in [5.74, 6) is 0. The Morgan fingerprint density at radius 1 is 0.407 bits per heavy atom. The fraction of sp³-hybridized carbons (Fsp3) is 0.0400. The van der Waals surface area contributed by atoms with Crippen LogP contribution in [0.2, 0.25) is 0 Å². The van der Waals surface area contributed by atoms with Gasteiger partial charge in [-0.1, -0.05) is 72.8 Å². The molecule has 0 saturated heterocycles. The molecule has 0 aliphatic heterocycles. The molecule has 0 aromatic heterocycles. The minimum absolute atomic E-state index is 0.853. The van der Waals surface area contributed by atoms with Crippen molar-refractivity contribution >= 4 is 22.7 Å². The Labute approximate surface area is 160 Å². The van der Waals surface area contributed by atoms with Crippen molar-refractivity contribution in [1.82, 2.24) is 0 Å². The lowest BCUT2D eigenvalue weighted by atomic mass is 10.0. The van der Waals surface area contributed by atoms with E-state index in [0.29, 0.717) is 0 Å². The Morgan fingerprint density at radius 2 is 0.778 bits per heavy atom. The van der Waals surface area contributed by atoms with E-state index in [4.69, 9.17) is 0 Å². The van der Waals surface area contributed by atoms with Gasteiger partial charge in [-0.25, -0.2) is 0 Å². The van der Waals surface area contributed by atoms with Crippen LogP contribution in [-0.2, 0) is 6.42 Å². The molecule has 0 unspecified atom stereocenters. The maximum atomic E-state index is 3.54. The number of rotatable bonds is 6. The summed E-state index contributed by atoms with van der Waals surface area (Å²) < 4.78 is 0. The van der Waals surface area contributed by atoms with Gasteiger partial charge in [-0.05, 0) is 47.5 Å². The average molecular weight is 350 g/mol. The number of anilines is 4. The second kappa shape index (κ2) is 8.24. The Kier molecular flexibility index (Phi) is 5.16. The van der Waals surface area contributed by atoms with E-state index in [1.54, 1.807) is 0 Å². The minimum atomic E-state index is 0.853. The summed E-state index contributed by atoms with van der Waals surface area (Å²) in [6, 6.07) is 37.6. The van der Waals surface area contributed by atoms with Crippen molar-refractivity contribution in [2.45, 2.75) is 6.42 Å². The second-order valence-electron chi connectivity index (χ2n) is 6.47. The highest BCUT2D eigenvalue weighted by Gasteiger charge is 2.07. The van der Waals surface area contributed by atoms with Gasteiger partial charge in [0, 0.05) is 29.2 Å². The van der Waals surface area contributed by atoms with Crippen molar-refractivity contribution in [2.75, 3.05) is 10.6 Å². The van der Waals surface area contributed by atoms with E-state index in [9.17, 15) is 0 Å². The Hall–Kier alpha value is -3.52. The van der Waals surface area contributed by atoms with Crippen LogP contribution in [0.25, 0.3) is 0 Å². The minimum Gasteiger partial charge on any atom is -0.355 e. The maximum absolute atomic E-state index is 3.54. The van der Waals surface area contributed by atoms with Crippen LogP contribution in [0.3, 0.4) is 0 Å². The van der Waals surface area contributed by atoms with E-state index >= 15 is 0 Å². The lowest BCUT2D eigenvalue weighted by Crippen LogP contribution is -2.00. The summed E-state index contributed by atoms with van der Waals surface area (Å²) in [5, 5.41) is 7.08. The molecule has 27 heavy (non-hydrogen) atoms. The highest BCUT2D eigenvalue weighted by molar-refractivity contribution is 5.67. The number of nitrogens with one attached hydrogen (secondary N) is 2. The summed E-state index contributed by atoms with van der Waals surface area (Å²) in [6.45, 7) is 0. The van der Waals surface area contributed by atoms with Gasteiger partial charge in [-0.15, -0.1) is 0 Å². The van der Waals surface area contributed by atoms with Crippen molar-refractivity contribution in [1.29, 1.82) is 0 Å². The fourth-order valence-electron chi connectivity index (χ4n) is 3.15. The van der Waals surface area contributed by atoms with Crippen LogP contribution >= 0.6 is 0 Å². The molecule has 0 aliphatic carbocycles. The predicted octanol–water partition coefficient (Wildman–Crippen LogP) is 6.76. The number of hydrogen-bond acceptors (Lipinski definition) is 2. The first kappa shape index (κ1) is 16.9. The molecule has 4 aromatic carbocycles. The molecule has 0 saturated carbocycles. The molecule has 2 heteroatoms. The van der Waals surface area contributed by atoms with Crippen LogP contribution in [0, 0.1) is 0 Å². The number of benzene rings is 4. The molecule has 132 valence electrons. The third kappa shape index (κ3) is 4.36. The third-order valence-electron chi connectivity index (χ3n) is 4.52. The standard InChI is InChI=1S/C25H22N2/c1-3-13-22(14-4-1)26-24-17-9-7-11-20(24)19-21-12-8-10-18-25(21)27-23-15-5-2-6-16-23/h1-18,26-27H,19H2. The average Bonchev–Trinajstić information content (AvgIpc) is 2.72. The molecule has 0 atom stereocenters. The highest BCUT2D eigenvalue weighted by Crippen LogP contribution is 2.27. The molecule has 0 aliphatic rings. The molecule has 0 radical (unpaired) electrons. The van der Waals surface area contributed by atoms with Crippen molar-refractivity contribution in [2.24, 2.45) is 0 Å².